The molecule has 158 valence electrons. The minimum Gasteiger partial charge on any atom is -0.497 e. The quantitative estimate of drug-likeness (QED) is 0.776. The molecule has 2 heterocycles. The van der Waals surface area contributed by atoms with Crippen LogP contribution in [0.15, 0.2) is 42.5 Å². The van der Waals surface area contributed by atoms with Crippen molar-refractivity contribution in [2.75, 3.05) is 49.6 Å². The topological polar surface area (TPSA) is 62.3 Å². The molecule has 1 atom stereocenters. The lowest BCUT2D eigenvalue weighted by atomic mass is 10.1. The zero-order valence-corrected chi connectivity index (χ0v) is 17.6. The van der Waals surface area contributed by atoms with Gasteiger partial charge in [0.15, 0.2) is 6.10 Å². The minimum absolute atomic E-state index is 0.0333. The second kappa shape index (κ2) is 8.26. The van der Waals surface area contributed by atoms with Gasteiger partial charge in [0.2, 0.25) is 5.91 Å². The molecule has 2 aliphatic rings. The molecule has 30 heavy (non-hydrogen) atoms. The van der Waals surface area contributed by atoms with Crippen molar-refractivity contribution >= 4 is 23.2 Å². The molecule has 0 aromatic heterocycles. The van der Waals surface area contributed by atoms with Crippen LogP contribution in [0.3, 0.4) is 0 Å². The highest BCUT2D eigenvalue weighted by atomic mass is 16.5. The largest absolute Gasteiger partial charge is 0.497 e. The fourth-order valence-corrected chi connectivity index (χ4v) is 3.92. The molecular formula is C23H27N3O4. The van der Waals surface area contributed by atoms with Crippen LogP contribution >= 0.6 is 0 Å². The molecule has 0 bridgehead atoms. The summed E-state index contributed by atoms with van der Waals surface area (Å²) in [6, 6.07) is 13.6. The van der Waals surface area contributed by atoms with Gasteiger partial charge in [0.05, 0.1) is 12.8 Å². The first-order chi connectivity index (χ1) is 14.5. The summed E-state index contributed by atoms with van der Waals surface area (Å²) in [5.41, 5.74) is 2.80. The molecule has 0 aliphatic carbocycles. The van der Waals surface area contributed by atoms with E-state index in [4.69, 9.17) is 9.47 Å². The Balaban J connectivity index is 1.41. The maximum Gasteiger partial charge on any atom is 0.268 e. The van der Waals surface area contributed by atoms with Gasteiger partial charge in [-0.3, -0.25) is 14.5 Å². The lowest BCUT2D eigenvalue weighted by Gasteiger charge is -2.38. The van der Waals surface area contributed by atoms with E-state index in [0.717, 1.165) is 30.1 Å². The van der Waals surface area contributed by atoms with Crippen molar-refractivity contribution in [3.05, 3.63) is 48.0 Å². The summed E-state index contributed by atoms with van der Waals surface area (Å²) in [5, 5.41) is 0. The number of aryl methyl sites for hydroxylation is 1. The summed E-state index contributed by atoms with van der Waals surface area (Å²) in [6.07, 6.45) is -0.597. The predicted octanol–water partition coefficient (Wildman–Crippen LogP) is 2.47. The summed E-state index contributed by atoms with van der Waals surface area (Å²) in [4.78, 5) is 31.4. The molecule has 1 fully saturated rings. The minimum atomic E-state index is -0.597. The van der Waals surface area contributed by atoms with Gasteiger partial charge in [-0.25, -0.2) is 0 Å². The number of piperazine rings is 1. The van der Waals surface area contributed by atoms with E-state index < -0.39 is 6.10 Å². The fourth-order valence-electron chi connectivity index (χ4n) is 3.92. The first-order valence-corrected chi connectivity index (χ1v) is 10.2. The lowest BCUT2D eigenvalue weighted by Crippen LogP contribution is -2.54. The van der Waals surface area contributed by atoms with Crippen molar-refractivity contribution < 1.29 is 19.1 Å². The van der Waals surface area contributed by atoms with Crippen molar-refractivity contribution in [3.8, 4) is 11.5 Å². The zero-order valence-electron chi connectivity index (χ0n) is 17.6. The van der Waals surface area contributed by atoms with E-state index in [2.05, 4.69) is 4.90 Å². The van der Waals surface area contributed by atoms with Gasteiger partial charge in [-0.2, -0.15) is 0 Å². The SMILES string of the molecule is COc1ccc(N2CCN(C(=O)CN3C(=O)[C@H](C)Oc4ccc(C)cc43)CC2)cc1. The van der Waals surface area contributed by atoms with Gasteiger partial charge in [0.1, 0.15) is 18.0 Å². The number of nitrogens with zero attached hydrogens (tertiary/aromatic N) is 3. The molecule has 0 saturated carbocycles. The molecule has 2 aromatic carbocycles. The number of methoxy groups -OCH3 is 1. The maximum atomic E-state index is 13.0. The van der Waals surface area contributed by atoms with E-state index in [1.165, 1.54) is 0 Å². The molecule has 7 heteroatoms. The third-order valence-corrected chi connectivity index (χ3v) is 5.69. The number of fused-ring (bicyclic) bond motifs is 1. The summed E-state index contributed by atoms with van der Waals surface area (Å²) >= 11 is 0. The smallest absolute Gasteiger partial charge is 0.268 e. The Morgan fingerprint density at radius 1 is 1.10 bits per heavy atom. The molecule has 4 rings (SSSR count). The Morgan fingerprint density at radius 2 is 1.80 bits per heavy atom. The maximum absolute atomic E-state index is 13.0. The Kier molecular flexibility index (Phi) is 5.53. The third kappa shape index (κ3) is 3.92. The van der Waals surface area contributed by atoms with E-state index in [1.807, 2.05) is 54.3 Å². The van der Waals surface area contributed by atoms with Crippen LogP contribution in [0.1, 0.15) is 12.5 Å². The van der Waals surface area contributed by atoms with Gasteiger partial charge in [0.25, 0.3) is 5.91 Å². The number of hydrogen-bond acceptors (Lipinski definition) is 5. The van der Waals surface area contributed by atoms with Crippen molar-refractivity contribution in [2.24, 2.45) is 0 Å². The normalized spacial score (nSPS) is 18.7. The zero-order chi connectivity index (χ0) is 21.3. The number of rotatable bonds is 4. The Labute approximate surface area is 176 Å². The van der Waals surface area contributed by atoms with Crippen LogP contribution < -0.4 is 19.3 Å². The van der Waals surface area contributed by atoms with Gasteiger partial charge in [0, 0.05) is 31.9 Å². The predicted molar refractivity (Wildman–Crippen MR) is 115 cm³/mol. The van der Waals surface area contributed by atoms with Gasteiger partial charge >= 0.3 is 0 Å². The molecule has 2 aliphatic heterocycles. The molecule has 0 spiro atoms. The Morgan fingerprint density at radius 3 is 2.47 bits per heavy atom. The first kappa shape index (κ1) is 20.1. The molecule has 2 amide bonds. The second-order valence-electron chi connectivity index (χ2n) is 7.72. The van der Waals surface area contributed by atoms with Gasteiger partial charge in [-0.05, 0) is 55.8 Å². The van der Waals surface area contributed by atoms with Crippen LogP contribution in [-0.2, 0) is 9.59 Å². The summed E-state index contributed by atoms with van der Waals surface area (Å²) in [5.74, 6) is 1.25. The highest BCUT2D eigenvalue weighted by molar-refractivity contribution is 6.03. The second-order valence-corrected chi connectivity index (χ2v) is 7.72. The van der Waals surface area contributed by atoms with Crippen LogP contribution in [0, 0.1) is 6.92 Å². The molecule has 0 radical (unpaired) electrons. The number of hydrogen-bond donors (Lipinski definition) is 0. The molecular weight excluding hydrogens is 382 g/mol. The first-order valence-electron chi connectivity index (χ1n) is 10.2. The van der Waals surface area contributed by atoms with Crippen LogP contribution in [-0.4, -0.2) is 62.7 Å². The number of ether oxygens (including phenoxy) is 2. The molecule has 0 N–H and O–H groups in total. The third-order valence-electron chi connectivity index (χ3n) is 5.69. The van der Waals surface area contributed by atoms with E-state index >= 15 is 0 Å². The van der Waals surface area contributed by atoms with Gasteiger partial charge < -0.3 is 19.3 Å². The van der Waals surface area contributed by atoms with Crippen LogP contribution in [0.2, 0.25) is 0 Å². The summed E-state index contributed by atoms with van der Waals surface area (Å²) < 4.78 is 10.9. The van der Waals surface area contributed by atoms with Crippen LogP contribution in [0.5, 0.6) is 11.5 Å². The number of benzene rings is 2. The van der Waals surface area contributed by atoms with Crippen molar-refractivity contribution in [2.45, 2.75) is 20.0 Å². The van der Waals surface area contributed by atoms with E-state index in [0.29, 0.717) is 24.5 Å². The Bertz CT molecular complexity index is 936. The standard InChI is InChI=1S/C23H27N3O4/c1-16-4-9-21-20(14-16)26(23(28)17(2)30-21)15-22(27)25-12-10-24(11-13-25)18-5-7-19(29-3)8-6-18/h4-9,14,17H,10-13,15H2,1-3H3/t17-/m0/s1. The van der Waals surface area contributed by atoms with Gasteiger partial charge in [-0.1, -0.05) is 6.07 Å². The van der Waals surface area contributed by atoms with E-state index in [-0.39, 0.29) is 18.4 Å². The van der Waals surface area contributed by atoms with E-state index in [1.54, 1.807) is 18.9 Å². The molecule has 7 nitrogen and oxygen atoms in total. The fraction of sp³-hybridized carbons (Fsp3) is 0.391. The Hall–Kier alpha value is -3.22. The number of carbonyl (C=O) groups is 2. The summed E-state index contributed by atoms with van der Waals surface area (Å²) in [7, 11) is 1.65. The average Bonchev–Trinajstić information content (AvgIpc) is 2.77. The number of carbonyl (C=O) groups excluding carboxylic acids is 2. The van der Waals surface area contributed by atoms with Crippen molar-refractivity contribution in [1.82, 2.24) is 4.90 Å². The highest BCUT2D eigenvalue weighted by Crippen LogP contribution is 2.34. The number of amides is 2. The van der Waals surface area contributed by atoms with Gasteiger partial charge in [-0.15, -0.1) is 0 Å². The monoisotopic (exact) mass is 409 g/mol. The summed E-state index contributed by atoms with van der Waals surface area (Å²) in [6.45, 7) is 6.46. The highest BCUT2D eigenvalue weighted by Gasteiger charge is 2.34. The van der Waals surface area contributed by atoms with E-state index in [9.17, 15) is 9.59 Å². The van der Waals surface area contributed by atoms with Crippen LogP contribution in [0.4, 0.5) is 11.4 Å². The number of anilines is 2. The lowest BCUT2D eigenvalue weighted by molar-refractivity contribution is -0.133. The molecule has 0 unspecified atom stereocenters. The van der Waals surface area contributed by atoms with Crippen LogP contribution in [0.25, 0.3) is 0 Å². The average molecular weight is 409 g/mol. The molecule has 1 saturated heterocycles. The van der Waals surface area contributed by atoms with Crippen molar-refractivity contribution in [1.29, 1.82) is 0 Å². The molecule has 2 aromatic rings. The van der Waals surface area contributed by atoms with Crippen molar-refractivity contribution in [3.63, 3.8) is 0 Å².